The zero-order valence-electron chi connectivity index (χ0n) is 8.95. The minimum Gasteiger partial charge on any atom is -0.292 e. The first-order chi connectivity index (χ1) is 6.63. The lowest BCUT2D eigenvalue weighted by atomic mass is 10.0. The number of nitrogens with zero attached hydrogens (tertiary/aromatic N) is 2. The van der Waals surface area contributed by atoms with Crippen LogP contribution in [0.3, 0.4) is 0 Å². The van der Waals surface area contributed by atoms with Crippen LogP contribution in [0, 0.1) is 12.8 Å². The summed E-state index contributed by atoms with van der Waals surface area (Å²) in [4.78, 5) is 19.7. The summed E-state index contributed by atoms with van der Waals surface area (Å²) in [6, 6.07) is 1.68. The van der Waals surface area contributed by atoms with Crippen LogP contribution in [0.1, 0.15) is 43.0 Å². The quantitative estimate of drug-likeness (QED) is 0.688. The lowest BCUT2D eigenvalue weighted by Gasteiger charge is -2.06. The summed E-state index contributed by atoms with van der Waals surface area (Å²) in [7, 11) is 0. The average Bonchev–Trinajstić information content (AvgIpc) is 2.17. The number of Topliss-reactive ketones (excluding diaryl/α,β-unsaturated/α-hetero) is 1. The van der Waals surface area contributed by atoms with Crippen LogP contribution in [0.4, 0.5) is 0 Å². The van der Waals surface area contributed by atoms with Gasteiger partial charge in [0.25, 0.3) is 0 Å². The van der Waals surface area contributed by atoms with Gasteiger partial charge in [-0.15, -0.1) is 0 Å². The number of hydrogen-bond acceptors (Lipinski definition) is 3. The first-order valence-electron chi connectivity index (χ1n) is 4.96. The van der Waals surface area contributed by atoms with Gasteiger partial charge in [-0.3, -0.25) is 4.79 Å². The molecule has 0 fully saturated rings. The minimum atomic E-state index is 0.116. The third-order valence-corrected chi connectivity index (χ3v) is 2.29. The van der Waals surface area contributed by atoms with Crippen LogP contribution in [0.25, 0.3) is 0 Å². The normalized spacial score (nSPS) is 12.5. The first-order valence-corrected chi connectivity index (χ1v) is 4.96. The highest BCUT2D eigenvalue weighted by Crippen LogP contribution is 2.10. The number of carbonyl (C=O) groups is 1. The summed E-state index contributed by atoms with van der Waals surface area (Å²) in [5, 5.41) is 0. The summed E-state index contributed by atoms with van der Waals surface area (Å²) in [5.41, 5.74) is 0.540. The highest BCUT2D eigenvalue weighted by Gasteiger charge is 2.11. The van der Waals surface area contributed by atoms with Crippen molar-refractivity contribution in [2.45, 2.75) is 33.6 Å². The number of aromatic nitrogens is 2. The molecule has 0 aliphatic rings. The molecule has 1 heterocycles. The topological polar surface area (TPSA) is 42.9 Å². The molecule has 0 amide bonds. The summed E-state index contributed by atoms with van der Waals surface area (Å²) in [6.07, 6.45) is 3.23. The van der Waals surface area contributed by atoms with Crippen molar-refractivity contribution in [1.29, 1.82) is 0 Å². The molecule has 0 saturated carbocycles. The highest BCUT2D eigenvalue weighted by molar-refractivity contribution is 5.94. The maximum absolute atomic E-state index is 11.7. The Morgan fingerprint density at radius 2 is 2.29 bits per heavy atom. The molecular formula is C11H16N2O. The monoisotopic (exact) mass is 192 g/mol. The van der Waals surface area contributed by atoms with E-state index in [0.29, 0.717) is 23.9 Å². The molecule has 76 valence electrons. The number of hydrogen-bond donors (Lipinski definition) is 0. The molecule has 1 atom stereocenters. The Bertz CT molecular complexity index is 323. The largest absolute Gasteiger partial charge is 0.292 e. The molecule has 1 aromatic heterocycles. The molecule has 0 aromatic carbocycles. The number of aryl methyl sites for hydroxylation is 1. The van der Waals surface area contributed by atoms with Crippen LogP contribution in [-0.4, -0.2) is 15.8 Å². The Morgan fingerprint density at radius 3 is 2.86 bits per heavy atom. The molecule has 0 saturated heterocycles. The van der Waals surface area contributed by atoms with Crippen LogP contribution in [0.15, 0.2) is 12.3 Å². The van der Waals surface area contributed by atoms with Gasteiger partial charge in [0.2, 0.25) is 0 Å². The van der Waals surface area contributed by atoms with Gasteiger partial charge in [0.15, 0.2) is 5.78 Å². The third-order valence-electron chi connectivity index (χ3n) is 2.29. The van der Waals surface area contributed by atoms with Crippen LogP contribution in [0.5, 0.6) is 0 Å². The van der Waals surface area contributed by atoms with E-state index in [4.69, 9.17) is 0 Å². The summed E-state index contributed by atoms with van der Waals surface area (Å²) in [6.45, 7) is 5.95. The molecular weight excluding hydrogens is 176 g/mol. The van der Waals surface area contributed by atoms with E-state index >= 15 is 0 Å². The van der Waals surface area contributed by atoms with E-state index < -0.39 is 0 Å². The van der Waals surface area contributed by atoms with Crippen molar-refractivity contribution >= 4 is 5.78 Å². The molecule has 0 aliphatic carbocycles. The lowest BCUT2D eigenvalue weighted by molar-refractivity contribution is 0.0958. The van der Waals surface area contributed by atoms with Crippen LogP contribution in [-0.2, 0) is 0 Å². The van der Waals surface area contributed by atoms with Crippen LogP contribution >= 0.6 is 0 Å². The second-order valence-corrected chi connectivity index (χ2v) is 3.63. The van der Waals surface area contributed by atoms with Crippen LogP contribution in [0.2, 0.25) is 0 Å². The van der Waals surface area contributed by atoms with E-state index in [-0.39, 0.29) is 5.78 Å². The molecule has 3 heteroatoms. The van der Waals surface area contributed by atoms with Crippen molar-refractivity contribution in [3.63, 3.8) is 0 Å². The fourth-order valence-electron chi connectivity index (χ4n) is 1.18. The van der Waals surface area contributed by atoms with Gasteiger partial charge in [-0.2, -0.15) is 0 Å². The predicted octanol–water partition coefficient (Wildman–Crippen LogP) is 2.40. The number of carbonyl (C=O) groups excluding carboxylic acids is 1. The highest BCUT2D eigenvalue weighted by atomic mass is 16.1. The van der Waals surface area contributed by atoms with E-state index in [1.807, 2.05) is 0 Å². The van der Waals surface area contributed by atoms with Gasteiger partial charge >= 0.3 is 0 Å². The maximum atomic E-state index is 11.7. The zero-order chi connectivity index (χ0) is 10.6. The van der Waals surface area contributed by atoms with E-state index in [1.165, 1.54) is 0 Å². The molecule has 0 bridgehead atoms. The van der Waals surface area contributed by atoms with Crippen molar-refractivity contribution in [1.82, 2.24) is 9.97 Å². The Labute approximate surface area is 84.6 Å². The average molecular weight is 192 g/mol. The molecule has 0 N–H and O–H groups in total. The molecule has 1 rings (SSSR count). The van der Waals surface area contributed by atoms with Crippen molar-refractivity contribution in [3.05, 3.63) is 23.8 Å². The molecule has 1 unspecified atom stereocenters. The summed E-state index contributed by atoms with van der Waals surface area (Å²) < 4.78 is 0. The second-order valence-electron chi connectivity index (χ2n) is 3.63. The molecule has 14 heavy (non-hydrogen) atoms. The summed E-state index contributed by atoms with van der Waals surface area (Å²) in [5.74, 6) is 1.20. The SMILES string of the molecule is CCC(C)CC(=O)c1ccnc(C)n1. The van der Waals surface area contributed by atoms with E-state index in [1.54, 1.807) is 19.2 Å². The molecule has 0 spiro atoms. The zero-order valence-corrected chi connectivity index (χ0v) is 8.95. The Kier molecular flexibility index (Phi) is 3.74. The molecule has 1 aromatic rings. The van der Waals surface area contributed by atoms with Crippen molar-refractivity contribution in [2.24, 2.45) is 5.92 Å². The summed E-state index contributed by atoms with van der Waals surface area (Å²) >= 11 is 0. The van der Waals surface area contributed by atoms with Gasteiger partial charge in [-0.1, -0.05) is 20.3 Å². The van der Waals surface area contributed by atoms with Gasteiger partial charge in [0.1, 0.15) is 11.5 Å². The van der Waals surface area contributed by atoms with E-state index in [0.717, 1.165) is 6.42 Å². The maximum Gasteiger partial charge on any atom is 0.181 e. The van der Waals surface area contributed by atoms with Gasteiger partial charge in [0, 0.05) is 12.6 Å². The van der Waals surface area contributed by atoms with Crippen molar-refractivity contribution in [2.75, 3.05) is 0 Å². The van der Waals surface area contributed by atoms with Gasteiger partial charge in [-0.05, 0) is 18.9 Å². The third kappa shape index (κ3) is 2.91. The predicted molar refractivity (Wildman–Crippen MR) is 55.2 cm³/mol. The van der Waals surface area contributed by atoms with E-state index in [9.17, 15) is 4.79 Å². The molecule has 0 aliphatic heterocycles. The minimum absolute atomic E-state index is 0.116. The van der Waals surface area contributed by atoms with Crippen LogP contribution < -0.4 is 0 Å². The molecule has 3 nitrogen and oxygen atoms in total. The van der Waals surface area contributed by atoms with Gasteiger partial charge < -0.3 is 0 Å². The second kappa shape index (κ2) is 4.84. The van der Waals surface area contributed by atoms with Crippen molar-refractivity contribution < 1.29 is 4.79 Å². The standard InChI is InChI=1S/C11H16N2O/c1-4-8(2)7-11(14)10-5-6-12-9(3)13-10/h5-6,8H,4,7H2,1-3H3. The fourth-order valence-corrected chi connectivity index (χ4v) is 1.18. The number of ketones is 1. The first kappa shape index (κ1) is 10.8. The van der Waals surface area contributed by atoms with Gasteiger partial charge in [-0.25, -0.2) is 9.97 Å². The smallest absolute Gasteiger partial charge is 0.181 e. The number of rotatable bonds is 4. The Morgan fingerprint density at radius 1 is 1.57 bits per heavy atom. The Hall–Kier alpha value is -1.25. The molecule has 0 radical (unpaired) electrons. The Balaban J connectivity index is 2.70. The van der Waals surface area contributed by atoms with E-state index in [2.05, 4.69) is 23.8 Å². The fraction of sp³-hybridized carbons (Fsp3) is 0.545. The van der Waals surface area contributed by atoms with Gasteiger partial charge in [0.05, 0.1) is 0 Å². The lowest BCUT2D eigenvalue weighted by Crippen LogP contribution is -2.08. The van der Waals surface area contributed by atoms with Crippen molar-refractivity contribution in [3.8, 4) is 0 Å².